The smallest absolute Gasteiger partial charge is 0.333 e. The summed E-state index contributed by atoms with van der Waals surface area (Å²) in [5.74, 6) is -0.441. The lowest BCUT2D eigenvalue weighted by atomic mass is 10.3. The van der Waals surface area contributed by atoms with Crippen molar-refractivity contribution < 1.29 is 32.0 Å². The number of rotatable bonds is 9. The summed E-state index contributed by atoms with van der Waals surface area (Å²) in [6.07, 6.45) is 0. The largest absolute Gasteiger partial charge is 0.490 e. The van der Waals surface area contributed by atoms with Crippen LogP contribution in [0, 0.1) is 0 Å². The fourth-order valence-corrected chi connectivity index (χ4v) is 2.04. The highest BCUT2D eigenvalue weighted by Gasteiger charge is 2.15. The van der Waals surface area contributed by atoms with Crippen LogP contribution in [0.4, 0.5) is 0 Å². The van der Waals surface area contributed by atoms with Gasteiger partial charge in [0.15, 0.2) is 0 Å². The molecule has 0 aliphatic carbocycles. The molecule has 0 amide bonds. The van der Waals surface area contributed by atoms with E-state index < -0.39 is 16.1 Å². The van der Waals surface area contributed by atoms with E-state index in [1.165, 1.54) is 18.2 Å². The third-order valence-electron chi connectivity index (χ3n) is 2.42. The first kappa shape index (κ1) is 18.1. The molecule has 0 fully saturated rings. The van der Waals surface area contributed by atoms with Gasteiger partial charge in [-0.3, -0.25) is 4.55 Å². The summed E-state index contributed by atoms with van der Waals surface area (Å²) in [6, 6.07) is 5.73. The lowest BCUT2D eigenvalue weighted by Gasteiger charge is -2.10. The number of para-hydroxylation sites is 1. The molecule has 0 spiro atoms. The Labute approximate surface area is 129 Å². The van der Waals surface area contributed by atoms with E-state index in [4.69, 9.17) is 18.8 Å². The molecule has 8 heteroatoms. The molecule has 0 saturated heterocycles. The van der Waals surface area contributed by atoms with Crippen LogP contribution in [-0.4, -0.2) is 45.4 Å². The van der Waals surface area contributed by atoms with Gasteiger partial charge in [-0.05, 0) is 19.1 Å². The fraction of sp³-hybridized carbons (Fsp3) is 0.357. The fourth-order valence-electron chi connectivity index (χ4n) is 1.41. The number of hydrogen-bond acceptors (Lipinski definition) is 6. The molecule has 1 rings (SSSR count). The lowest BCUT2D eigenvalue weighted by molar-refractivity contribution is -0.140. The maximum absolute atomic E-state index is 11.1. The molecule has 0 saturated carbocycles. The Morgan fingerprint density at radius 3 is 2.45 bits per heavy atom. The molecule has 7 nitrogen and oxygen atoms in total. The molecule has 1 aromatic carbocycles. The van der Waals surface area contributed by atoms with Crippen molar-refractivity contribution in [2.24, 2.45) is 0 Å². The lowest BCUT2D eigenvalue weighted by Crippen LogP contribution is -2.14. The Bertz CT molecular complexity index is 622. The molecular weight excluding hydrogens is 312 g/mol. The standard InChI is InChI=1S/C14H18O7S/c1-11(2)14(15)21-10-8-19-7-9-20-12-5-3-4-6-13(12)22(16,17)18/h3-6H,1,7-10H2,2H3,(H,16,17,18). The van der Waals surface area contributed by atoms with Crippen LogP contribution in [0.25, 0.3) is 0 Å². The van der Waals surface area contributed by atoms with Crippen LogP contribution in [0.5, 0.6) is 5.75 Å². The predicted molar refractivity (Wildman–Crippen MR) is 78.3 cm³/mol. The van der Waals surface area contributed by atoms with Gasteiger partial charge in [0.1, 0.15) is 23.9 Å². The summed E-state index contributed by atoms with van der Waals surface area (Å²) < 4.78 is 46.5. The first-order valence-corrected chi connectivity index (χ1v) is 7.86. The molecule has 0 heterocycles. The summed E-state index contributed by atoms with van der Waals surface area (Å²) in [6.45, 7) is 5.51. The Kier molecular flexibility index (Phi) is 7.03. The van der Waals surface area contributed by atoms with Crippen molar-refractivity contribution in [2.45, 2.75) is 11.8 Å². The minimum absolute atomic E-state index is 0.0438. The van der Waals surface area contributed by atoms with Gasteiger partial charge in [0.25, 0.3) is 10.1 Å². The van der Waals surface area contributed by atoms with Gasteiger partial charge in [0.05, 0.1) is 13.2 Å². The minimum Gasteiger partial charge on any atom is -0.490 e. The van der Waals surface area contributed by atoms with Crippen LogP contribution in [0.1, 0.15) is 6.92 Å². The molecule has 122 valence electrons. The average molecular weight is 330 g/mol. The molecule has 0 aliphatic heterocycles. The summed E-state index contributed by atoms with van der Waals surface area (Å²) in [5, 5.41) is 0. The quantitative estimate of drug-likeness (QED) is 0.316. The zero-order valence-electron chi connectivity index (χ0n) is 12.1. The predicted octanol–water partition coefficient (Wildman–Crippen LogP) is 1.45. The van der Waals surface area contributed by atoms with E-state index >= 15 is 0 Å². The van der Waals surface area contributed by atoms with Gasteiger partial charge in [0, 0.05) is 5.57 Å². The maximum atomic E-state index is 11.1. The monoisotopic (exact) mass is 330 g/mol. The van der Waals surface area contributed by atoms with Gasteiger partial charge in [0.2, 0.25) is 0 Å². The second-order valence-electron chi connectivity index (χ2n) is 4.30. The second-order valence-corrected chi connectivity index (χ2v) is 5.69. The Hall–Kier alpha value is -1.90. The Morgan fingerprint density at radius 2 is 1.82 bits per heavy atom. The first-order chi connectivity index (χ1) is 10.3. The summed E-state index contributed by atoms with van der Waals surface area (Å²) in [5.41, 5.74) is 0.310. The Morgan fingerprint density at radius 1 is 1.18 bits per heavy atom. The van der Waals surface area contributed by atoms with E-state index in [1.807, 2.05) is 0 Å². The molecule has 22 heavy (non-hydrogen) atoms. The van der Waals surface area contributed by atoms with Gasteiger partial charge in [-0.15, -0.1) is 0 Å². The number of benzene rings is 1. The van der Waals surface area contributed by atoms with Crippen molar-refractivity contribution in [3.63, 3.8) is 0 Å². The van der Waals surface area contributed by atoms with E-state index in [-0.39, 0.29) is 37.1 Å². The zero-order valence-corrected chi connectivity index (χ0v) is 13.0. The van der Waals surface area contributed by atoms with E-state index in [9.17, 15) is 13.2 Å². The maximum Gasteiger partial charge on any atom is 0.333 e. The highest BCUT2D eigenvalue weighted by molar-refractivity contribution is 7.86. The van der Waals surface area contributed by atoms with Crippen LogP contribution >= 0.6 is 0 Å². The number of carbonyl (C=O) groups excluding carboxylic acids is 1. The molecule has 1 aromatic rings. The van der Waals surface area contributed by atoms with Crippen LogP contribution in [0.15, 0.2) is 41.3 Å². The molecular formula is C14H18O7S. The third kappa shape index (κ3) is 6.25. The van der Waals surface area contributed by atoms with Gasteiger partial charge in [-0.2, -0.15) is 8.42 Å². The average Bonchev–Trinajstić information content (AvgIpc) is 2.45. The van der Waals surface area contributed by atoms with E-state index in [1.54, 1.807) is 13.0 Å². The van der Waals surface area contributed by atoms with Crippen molar-refractivity contribution in [2.75, 3.05) is 26.4 Å². The number of ether oxygens (including phenoxy) is 3. The number of esters is 1. The van der Waals surface area contributed by atoms with Crippen LogP contribution in [-0.2, 0) is 24.4 Å². The van der Waals surface area contributed by atoms with Crippen LogP contribution < -0.4 is 4.74 Å². The Balaban J connectivity index is 2.29. The van der Waals surface area contributed by atoms with Gasteiger partial charge < -0.3 is 14.2 Å². The van der Waals surface area contributed by atoms with Crippen LogP contribution in [0.3, 0.4) is 0 Å². The molecule has 0 unspecified atom stereocenters. The number of hydrogen-bond donors (Lipinski definition) is 1. The van der Waals surface area contributed by atoms with Crippen molar-refractivity contribution in [3.8, 4) is 5.75 Å². The molecule has 0 aliphatic rings. The van der Waals surface area contributed by atoms with Crippen molar-refractivity contribution >= 4 is 16.1 Å². The van der Waals surface area contributed by atoms with E-state index in [0.717, 1.165) is 0 Å². The van der Waals surface area contributed by atoms with Crippen molar-refractivity contribution in [1.82, 2.24) is 0 Å². The zero-order chi connectivity index (χ0) is 16.6. The second kappa shape index (κ2) is 8.52. The summed E-state index contributed by atoms with van der Waals surface area (Å²) in [4.78, 5) is 10.8. The summed E-state index contributed by atoms with van der Waals surface area (Å²) in [7, 11) is -4.33. The van der Waals surface area contributed by atoms with Crippen LogP contribution in [0.2, 0.25) is 0 Å². The van der Waals surface area contributed by atoms with Gasteiger partial charge >= 0.3 is 5.97 Å². The van der Waals surface area contributed by atoms with Crippen molar-refractivity contribution in [3.05, 3.63) is 36.4 Å². The molecule has 1 N–H and O–H groups in total. The highest BCUT2D eigenvalue weighted by atomic mass is 32.2. The van der Waals surface area contributed by atoms with E-state index in [0.29, 0.717) is 5.57 Å². The number of carbonyl (C=O) groups is 1. The SMILES string of the molecule is C=C(C)C(=O)OCCOCCOc1ccccc1S(=O)(=O)O. The van der Waals surface area contributed by atoms with Gasteiger partial charge in [-0.25, -0.2) is 4.79 Å². The highest BCUT2D eigenvalue weighted by Crippen LogP contribution is 2.22. The van der Waals surface area contributed by atoms with Crippen molar-refractivity contribution in [1.29, 1.82) is 0 Å². The van der Waals surface area contributed by atoms with Gasteiger partial charge in [-0.1, -0.05) is 18.7 Å². The summed E-state index contributed by atoms with van der Waals surface area (Å²) >= 11 is 0. The third-order valence-corrected chi connectivity index (χ3v) is 3.31. The normalized spacial score (nSPS) is 11.0. The minimum atomic E-state index is -4.33. The molecule has 0 aromatic heterocycles. The topological polar surface area (TPSA) is 99.1 Å². The van der Waals surface area contributed by atoms with E-state index in [2.05, 4.69) is 6.58 Å². The molecule has 0 radical (unpaired) electrons. The molecule has 0 bridgehead atoms. The first-order valence-electron chi connectivity index (χ1n) is 6.42. The molecule has 0 atom stereocenters.